The predicted octanol–water partition coefficient (Wildman–Crippen LogP) is 4.20. The van der Waals surface area contributed by atoms with Crippen molar-refractivity contribution in [3.05, 3.63) is 76.4 Å². The second kappa shape index (κ2) is 8.23. The topological polar surface area (TPSA) is 81.2 Å². The molecule has 1 atom stereocenters. The van der Waals surface area contributed by atoms with E-state index in [0.717, 1.165) is 20.9 Å². The summed E-state index contributed by atoms with van der Waals surface area (Å²) in [5, 5.41) is 4.04. The third-order valence-electron chi connectivity index (χ3n) is 4.93. The molecule has 2 N–H and O–H groups in total. The van der Waals surface area contributed by atoms with Crippen LogP contribution in [0, 0.1) is 0 Å². The van der Waals surface area contributed by atoms with Crippen molar-refractivity contribution in [1.29, 1.82) is 0 Å². The smallest absolute Gasteiger partial charge is 0.268 e. The molecule has 7 nitrogen and oxygen atoms in total. The highest BCUT2D eigenvalue weighted by molar-refractivity contribution is 9.10. The third-order valence-corrected chi connectivity index (χ3v) is 5.42. The number of hydrogen-bond donors (Lipinski definition) is 2. The molecule has 0 saturated carbocycles. The molecule has 2 aromatic carbocycles. The minimum absolute atomic E-state index is 0.239. The van der Waals surface area contributed by atoms with Crippen molar-refractivity contribution in [2.24, 2.45) is 7.05 Å². The van der Waals surface area contributed by atoms with Crippen molar-refractivity contribution in [2.45, 2.75) is 6.04 Å². The molecule has 2 aromatic heterocycles. The first-order chi connectivity index (χ1) is 14.5. The number of imidazole rings is 1. The van der Waals surface area contributed by atoms with Crippen LogP contribution in [0.25, 0.3) is 10.9 Å². The van der Waals surface area contributed by atoms with Gasteiger partial charge in [0, 0.05) is 40.9 Å². The Morgan fingerprint density at radius 3 is 2.50 bits per heavy atom. The zero-order valence-electron chi connectivity index (χ0n) is 16.8. The first-order valence-electron chi connectivity index (χ1n) is 9.28. The van der Waals surface area contributed by atoms with Crippen LogP contribution in [0.1, 0.15) is 27.9 Å². The van der Waals surface area contributed by atoms with Gasteiger partial charge in [0.1, 0.15) is 29.1 Å². The number of nitrogens with one attached hydrogen (secondary N) is 2. The SMILES string of the molecule is COc1cc(OC)cc(C(NC(=O)c2cc3cc(Br)ccc3[nH]2)c2nccn2C)c1. The van der Waals surface area contributed by atoms with Gasteiger partial charge in [-0.3, -0.25) is 4.79 Å². The lowest BCUT2D eigenvalue weighted by molar-refractivity contribution is 0.0937. The number of hydrogen-bond acceptors (Lipinski definition) is 4. The van der Waals surface area contributed by atoms with E-state index in [4.69, 9.17) is 9.47 Å². The van der Waals surface area contributed by atoms with Crippen LogP contribution < -0.4 is 14.8 Å². The molecule has 154 valence electrons. The van der Waals surface area contributed by atoms with Crippen LogP contribution in [0.2, 0.25) is 0 Å². The number of benzene rings is 2. The van der Waals surface area contributed by atoms with Gasteiger partial charge in [0.2, 0.25) is 0 Å². The number of rotatable bonds is 6. The van der Waals surface area contributed by atoms with Crippen molar-refractivity contribution in [3.63, 3.8) is 0 Å². The first kappa shape index (κ1) is 20.0. The Kier molecular flexibility index (Phi) is 5.50. The van der Waals surface area contributed by atoms with Gasteiger partial charge in [0.25, 0.3) is 5.91 Å². The molecule has 2 heterocycles. The van der Waals surface area contributed by atoms with E-state index in [1.54, 1.807) is 26.5 Å². The van der Waals surface area contributed by atoms with Crippen LogP contribution in [-0.2, 0) is 7.05 Å². The van der Waals surface area contributed by atoms with E-state index in [0.29, 0.717) is 23.0 Å². The largest absolute Gasteiger partial charge is 0.497 e. The Bertz CT molecular complexity index is 1190. The maximum atomic E-state index is 13.1. The molecule has 1 unspecified atom stereocenters. The molecule has 30 heavy (non-hydrogen) atoms. The van der Waals surface area contributed by atoms with Gasteiger partial charge in [0.15, 0.2) is 0 Å². The lowest BCUT2D eigenvalue weighted by Gasteiger charge is -2.20. The maximum Gasteiger partial charge on any atom is 0.268 e. The third kappa shape index (κ3) is 3.91. The standard InChI is InChI=1S/C22H21BrN4O3/c1-27-7-6-24-21(27)20(14-9-16(29-2)12-17(10-14)30-3)26-22(28)19-11-13-8-15(23)4-5-18(13)25-19/h4-12,20,25H,1-3H3,(H,26,28). The second-order valence-electron chi connectivity index (χ2n) is 6.86. The highest BCUT2D eigenvalue weighted by Gasteiger charge is 2.23. The Labute approximate surface area is 182 Å². The number of H-pyrrole nitrogens is 1. The Balaban J connectivity index is 1.73. The van der Waals surface area contributed by atoms with Crippen LogP contribution in [0.4, 0.5) is 0 Å². The summed E-state index contributed by atoms with van der Waals surface area (Å²) in [6.07, 6.45) is 3.54. The zero-order valence-corrected chi connectivity index (χ0v) is 18.4. The van der Waals surface area contributed by atoms with E-state index in [9.17, 15) is 4.79 Å². The van der Waals surface area contributed by atoms with Crippen molar-refractivity contribution in [1.82, 2.24) is 19.9 Å². The Morgan fingerprint density at radius 1 is 1.13 bits per heavy atom. The average molecular weight is 469 g/mol. The fraction of sp³-hybridized carbons (Fsp3) is 0.182. The highest BCUT2D eigenvalue weighted by Crippen LogP contribution is 2.30. The first-order valence-corrected chi connectivity index (χ1v) is 10.1. The Hall–Kier alpha value is -3.26. The fourth-order valence-corrected chi connectivity index (χ4v) is 3.76. The van der Waals surface area contributed by atoms with Gasteiger partial charge in [0.05, 0.1) is 14.2 Å². The van der Waals surface area contributed by atoms with Crippen LogP contribution >= 0.6 is 15.9 Å². The number of aromatic amines is 1. The molecule has 0 aliphatic rings. The van der Waals surface area contributed by atoms with Gasteiger partial charge < -0.3 is 24.3 Å². The summed E-state index contributed by atoms with van der Waals surface area (Å²) >= 11 is 3.46. The number of nitrogens with zero attached hydrogens (tertiary/aromatic N) is 2. The summed E-state index contributed by atoms with van der Waals surface area (Å²) < 4.78 is 13.6. The molecule has 0 saturated heterocycles. The van der Waals surface area contributed by atoms with E-state index in [-0.39, 0.29) is 5.91 Å². The molecule has 4 rings (SSSR count). The van der Waals surface area contributed by atoms with Gasteiger partial charge in [-0.15, -0.1) is 0 Å². The van der Waals surface area contributed by atoms with Crippen molar-refractivity contribution in [3.8, 4) is 11.5 Å². The van der Waals surface area contributed by atoms with E-state index in [1.807, 2.05) is 54.2 Å². The van der Waals surface area contributed by atoms with E-state index in [2.05, 4.69) is 31.2 Å². The van der Waals surface area contributed by atoms with Crippen LogP contribution in [0.5, 0.6) is 11.5 Å². The van der Waals surface area contributed by atoms with Gasteiger partial charge in [-0.1, -0.05) is 15.9 Å². The van der Waals surface area contributed by atoms with Gasteiger partial charge in [-0.05, 0) is 42.0 Å². The van der Waals surface area contributed by atoms with Gasteiger partial charge >= 0.3 is 0 Å². The number of ether oxygens (including phenoxy) is 2. The summed E-state index contributed by atoms with van der Waals surface area (Å²) in [4.78, 5) is 20.8. The number of methoxy groups -OCH3 is 2. The number of carbonyl (C=O) groups is 1. The highest BCUT2D eigenvalue weighted by atomic mass is 79.9. The fourth-order valence-electron chi connectivity index (χ4n) is 3.38. The molecule has 0 bridgehead atoms. The molecular formula is C22H21BrN4O3. The van der Waals surface area contributed by atoms with E-state index in [1.165, 1.54) is 0 Å². The van der Waals surface area contributed by atoms with E-state index >= 15 is 0 Å². The second-order valence-corrected chi connectivity index (χ2v) is 7.78. The van der Waals surface area contributed by atoms with Crippen LogP contribution in [0.3, 0.4) is 0 Å². The number of fused-ring (bicyclic) bond motifs is 1. The molecule has 0 aliphatic carbocycles. The molecule has 1 amide bonds. The summed E-state index contributed by atoms with van der Waals surface area (Å²) in [5.74, 6) is 1.72. The maximum absolute atomic E-state index is 13.1. The molecule has 8 heteroatoms. The molecule has 4 aromatic rings. The summed E-state index contributed by atoms with van der Waals surface area (Å²) in [7, 11) is 5.07. The monoisotopic (exact) mass is 468 g/mol. The van der Waals surface area contributed by atoms with Gasteiger partial charge in [-0.25, -0.2) is 4.98 Å². The average Bonchev–Trinajstić information content (AvgIpc) is 3.37. The summed E-state index contributed by atoms with van der Waals surface area (Å²) in [5.41, 5.74) is 2.16. The molecule has 0 fully saturated rings. The molecule has 0 aliphatic heterocycles. The predicted molar refractivity (Wildman–Crippen MR) is 118 cm³/mol. The summed E-state index contributed by atoms with van der Waals surface area (Å²) in [6, 6.07) is 12.7. The quantitative estimate of drug-likeness (QED) is 0.444. The number of aryl methyl sites for hydroxylation is 1. The molecule has 0 radical (unpaired) electrons. The number of aromatic nitrogens is 3. The van der Waals surface area contributed by atoms with Crippen LogP contribution in [-0.4, -0.2) is 34.7 Å². The number of carbonyl (C=O) groups excluding carboxylic acids is 1. The Morgan fingerprint density at radius 2 is 1.87 bits per heavy atom. The van der Waals surface area contributed by atoms with Gasteiger partial charge in [-0.2, -0.15) is 0 Å². The van der Waals surface area contributed by atoms with Crippen molar-refractivity contribution in [2.75, 3.05) is 14.2 Å². The van der Waals surface area contributed by atoms with E-state index < -0.39 is 6.04 Å². The molecule has 0 spiro atoms. The minimum Gasteiger partial charge on any atom is -0.497 e. The van der Waals surface area contributed by atoms with Crippen LogP contribution in [0.15, 0.2) is 59.3 Å². The van der Waals surface area contributed by atoms with Crippen molar-refractivity contribution < 1.29 is 14.3 Å². The lowest BCUT2D eigenvalue weighted by Crippen LogP contribution is -2.31. The normalized spacial score (nSPS) is 12.0. The lowest BCUT2D eigenvalue weighted by atomic mass is 10.0. The zero-order chi connectivity index (χ0) is 21.3. The summed E-state index contributed by atoms with van der Waals surface area (Å²) in [6.45, 7) is 0. The molecular weight excluding hydrogens is 448 g/mol. The number of halogens is 1. The minimum atomic E-state index is -0.500. The number of amides is 1. The van der Waals surface area contributed by atoms with Crippen molar-refractivity contribution >= 4 is 32.7 Å².